The third-order valence-electron chi connectivity index (χ3n) is 6.90. The molecule has 3 aliphatic rings. The average molecular weight is 591 g/mol. The molecule has 11 atom stereocenters. The van der Waals surface area contributed by atoms with Crippen LogP contribution in [0.2, 0.25) is 0 Å². The molecule has 0 aromatic carbocycles. The molecule has 3 saturated heterocycles. The standard InChI is InChI=1S/C21H36N9O11/c22-20-24-2-11(28-20)27-8(5-33)17(39)29-12(18(40)26-7(3-31)4-32)13(35)9-1-25-21(23)30(9)19-16(38)15(37)14(36)10(6-34)41-19/h7-16,19,27,31,33-38H,1-3,5-6H2,(H2,23,25)(H,26,40)(H,29,39)(H3,22,24,28). The van der Waals surface area contributed by atoms with Crippen LogP contribution in [-0.2, 0) is 19.1 Å². The molecule has 2 amide bonds. The number of guanidine groups is 2. The van der Waals surface area contributed by atoms with Crippen LogP contribution < -0.4 is 31.9 Å². The fourth-order valence-electron chi connectivity index (χ4n) is 4.66. The van der Waals surface area contributed by atoms with Crippen LogP contribution in [0.5, 0.6) is 0 Å². The summed E-state index contributed by atoms with van der Waals surface area (Å²) in [5.74, 6) is -2.60. The molecular formula is C21H36N9O11. The van der Waals surface area contributed by atoms with E-state index >= 15 is 0 Å². The van der Waals surface area contributed by atoms with E-state index < -0.39 is 105 Å². The molecule has 3 fully saturated rings. The number of hydrogen-bond donors (Lipinski definition) is 15. The highest BCUT2D eigenvalue weighted by atomic mass is 16.6. The normalized spacial score (nSPS) is 32.7. The van der Waals surface area contributed by atoms with Crippen molar-refractivity contribution < 1.29 is 54.9 Å². The van der Waals surface area contributed by atoms with Crippen LogP contribution in [0, 0.1) is 10.8 Å². The van der Waals surface area contributed by atoms with Crippen molar-refractivity contribution in [1.29, 1.82) is 10.8 Å². The quantitative estimate of drug-likeness (QED) is 0.0946. The Balaban J connectivity index is 1.86. The van der Waals surface area contributed by atoms with Gasteiger partial charge in [0, 0.05) is 6.54 Å². The van der Waals surface area contributed by atoms with Gasteiger partial charge >= 0.3 is 0 Å². The van der Waals surface area contributed by atoms with Crippen LogP contribution in [0.4, 0.5) is 0 Å². The number of amides is 2. The van der Waals surface area contributed by atoms with E-state index in [0.717, 1.165) is 4.90 Å². The van der Waals surface area contributed by atoms with Crippen molar-refractivity contribution in [2.45, 2.75) is 67.1 Å². The molecule has 0 saturated carbocycles. The highest BCUT2D eigenvalue weighted by molar-refractivity contribution is 5.92. The summed E-state index contributed by atoms with van der Waals surface area (Å²) in [6, 6.07) is -6.09. The zero-order valence-electron chi connectivity index (χ0n) is 21.6. The summed E-state index contributed by atoms with van der Waals surface area (Å²) in [5.41, 5.74) is 0. The van der Waals surface area contributed by atoms with Gasteiger partial charge in [-0.15, -0.1) is 0 Å². The predicted molar refractivity (Wildman–Crippen MR) is 134 cm³/mol. The number of ether oxygens (including phenoxy) is 1. The van der Waals surface area contributed by atoms with Crippen LogP contribution >= 0.6 is 0 Å². The van der Waals surface area contributed by atoms with Gasteiger partial charge in [-0.05, 0) is 0 Å². The minimum atomic E-state index is -1.92. The highest BCUT2D eigenvalue weighted by Gasteiger charge is 2.52. The van der Waals surface area contributed by atoms with Crippen molar-refractivity contribution in [2.75, 3.05) is 32.9 Å². The van der Waals surface area contributed by atoms with Gasteiger partial charge in [0.05, 0.1) is 38.6 Å². The maximum Gasteiger partial charge on any atom is 0.246 e. The lowest BCUT2D eigenvalue weighted by molar-refractivity contribution is -0.260. The van der Waals surface area contributed by atoms with Gasteiger partial charge in [0.25, 0.3) is 0 Å². The Labute approximate surface area is 233 Å². The van der Waals surface area contributed by atoms with E-state index in [4.69, 9.17) is 15.6 Å². The van der Waals surface area contributed by atoms with E-state index in [9.17, 15) is 50.1 Å². The highest BCUT2D eigenvalue weighted by Crippen LogP contribution is 2.28. The van der Waals surface area contributed by atoms with Gasteiger partial charge < -0.3 is 72.0 Å². The van der Waals surface area contributed by atoms with Crippen LogP contribution in [-0.4, -0.2) is 171 Å². The minimum absolute atomic E-state index is 0.0306. The molecule has 231 valence electrons. The number of carbonyl (C=O) groups excluding carboxylic acids is 3. The van der Waals surface area contributed by atoms with Gasteiger partial charge in [-0.2, -0.15) is 0 Å². The number of hydrogen-bond acceptors (Lipinski definition) is 14. The Morgan fingerprint density at radius 2 is 1.73 bits per heavy atom. The Kier molecular flexibility index (Phi) is 11.1. The van der Waals surface area contributed by atoms with Crippen LogP contribution in [0.3, 0.4) is 0 Å². The second-order valence-corrected chi connectivity index (χ2v) is 9.62. The molecule has 0 bridgehead atoms. The molecule has 11 unspecified atom stereocenters. The fourth-order valence-corrected chi connectivity index (χ4v) is 4.66. The largest absolute Gasteiger partial charge is 0.394 e. The summed E-state index contributed by atoms with van der Waals surface area (Å²) in [6.45, 7) is -2.46. The third kappa shape index (κ3) is 7.17. The Hall–Kier alpha value is -3.21. The SMILES string of the molecule is N=C1NCC(NC(CO)C(=O)NC(C(=O)NC([C]=O)CO)C(O)C2CNC(=N)N2C2OC(CO)C(O)C(O)C2O)N1. The zero-order chi connectivity index (χ0) is 30.4. The number of carbonyl (C=O) groups is 2. The van der Waals surface area contributed by atoms with Gasteiger partial charge in [-0.3, -0.25) is 30.5 Å². The molecule has 3 heterocycles. The van der Waals surface area contributed by atoms with Gasteiger partial charge in [-0.25, -0.2) is 0 Å². The van der Waals surface area contributed by atoms with Gasteiger partial charge in [0.2, 0.25) is 18.1 Å². The lowest BCUT2D eigenvalue weighted by Crippen LogP contribution is -2.68. The first-order chi connectivity index (χ1) is 19.5. The molecule has 3 rings (SSSR count). The molecule has 0 aromatic rings. The second-order valence-electron chi connectivity index (χ2n) is 9.62. The third-order valence-corrected chi connectivity index (χ3v) is 6.90. The summed E-state index contributed by atoms with van der Waals surface area (Å²) in [6.07, 6.45) is -9.52. The molecule has 0 aliphatic carbocycles. The fraction of sp³-hybridized carbons (Fsp3) is 0.762. The summed E-state index contributed by atoms with van der Waals surface area (Å²) in [4.78, 5) is 38.3. The average Bonchev–Trinajstić information content (AvgIpc) is 3.56. The van der Waals surface area contributed by atoms with E-state index in [1.807, 2.05) is 0 Å². The molecule has 41 heavy (non-hydrogen) atoms. The predicted octanol–water partition coefficient (Wildman–Crippen LogP) is -9.17. The first-order valence-corrected chi connectivity index (χ1v) is 12.6. The number of rotatable bonds is 13. The Morgan fingerprint density at radius 3 is 2.29 bits per heavy atom. The molecular weight excluding hydrogens is 554 g/mol. The van der Waals surface area contributed by atoms with E-state index in [2.05, 4.69) is 31.9 Å². The van der Waals surface area contributed by atoms with E-state index in [1.165, 1.54) is 6.29 Å². The molecule has 1 radical (unpaired) electrons. The number of aliphatic hydroxyl groups excluding tert-OH is 7. The van der Waals surface area contributed by atoms with Crippen molar-refractivity contribution in [1.82, 2.24) is 36.8 Å². The Bertz CT molecular complexity index is 975. The Morgan fingerprint density at radius 1 is 1.02 bits per heavy atom. The van der Waals surface area contributed by atoms with Crippen molar-refractivity contribution in [3.8, 4) is 0 Å². The van der Waals surface area contributed by atoms with E-state index in [0.29, 0.717) is 0 Å². The lowest BCUT2D eigenvalue weighted by Gasteiger charge is -2.46. The van der Waals surface area contributed by atoms with Crippen LogP contribution in [0.1, 0.15) is 0 Å². The first-order valence-electron chi connectivity index (χ1n) is 12.6. The zero-order valence-corrected chi connectivity index (χ0v) is 21.6. The second kappa shape index (κ2) is 14.1. The summed E-state index contributed by atoms with van der Waals surface area (Å²) < 4.78 is 5.50. The van der Waals surface area contributed by atoms with E-state index in [1.54, 1.807) is 0 Å². The molecule has 0 spiro atoms. The lowest BCUT2D eigenvalue weighted by atomic mass is 9.95. The molecule has 15 N–H and O–H groups in total. The number of nitrogens with one attached hydrogen (secondary N) is 8. The maximum atomic E-state index is 13.1. The van der Waals surface area contributed by atoms with Crippen molar-refractivity contribution in [2.24, 2.45) is 0 Å². The smallest absolute Gasteiger partial charge is 0.246 e. The summed E-state index contributed by atoms with van der Waals surface area (Å²) >= 11 is 0. The topological polar surface area (TPSA) is 325 Å². The van der Waals surface area contributed by atoms with Gasteiger partial charge in [-0.1, -0.05) is 0 Å². The van der Waals surface area contributed by atoms with Gasteiger partial charge in [0.15, 0.2) is 18.1 Å². The van der Waals surface area contributed by atoms with Crippen LogP contribution in [0.15, 0.2) is 0 Å². The van der Waals surface area contributed by atoms with Crippen molar-refractivity contribution in [3.05, 3.63) is 0 Å². The van der Waals surface area contributed by atoms with Crippen LogP contribution in [0.25, 0.3) is 0 Å². The number of nitrogens with zero attached hydrogens (tertiary/aromatic N) is 1. The summed E-state index contributed by atoms with van der Waals surface area (Å²) in [5, 5.41) is 102. The monoisotopic (exact) mass is 590 g/mol. The summed E-state index contributed by atoms with van der Waals surface area (Å²) in [7, 11) is 0. The molecule has 20 heteroatoms. The molecule has 20 nitrogen and oxygen atoms in total. The molecule has 3 aliphatic heterocycles. The van der Waals surface area contributed by atoms with E-state index in [-0.39, 0.29) is 19.0 Å². The van der Waals surface area contributed by atoms with Gasteiger partial charge in [0.1, 0.15) is 48.6 Å². The molecule has 0 aromatic heterocycles. The number of aliphatic hydroxyl groups is 7. The van der Waals surface area contributed by atoms with Crippen molar-refractivity contribution in [3.63, 3.8) is 0 Å². The first kappa shape index (κ1) is 32.3. The minimum Gasteiger partial charge on any atom is -0.394 e. The van der Waals surface area contributed by atoms with Crippen molar-refractivity contribution >= 4 is 30.0 Å². The maximum absolute atomic E-state index is 13.1.